The van der Waals surface area contributed by atoms with Gasteiger partial charge in [0.1, 0.15) is 6.54 Å². The van der Waals surface area contributed by atoms with Crippen LogP contribution in [0.3, 0.4) is 0 Å². The summed E-state index contributed by atoms with van der Waals surface area (Å²) in [6, 6.07) is 0. The Kier molecular flexibility index (Phi) is 5.62. The average Bonchev–Trinajstić information content (AvgIpc) is 2.88. The van der Waals surface area contributed by atoms with Gasteiger partial charge in [0.05, 0.1) is 26.2 Å². The monoisotopic (exact) mass is 325 g/mol. The number of rotatable bonds is 8. The minimum absolute atomic E-state index is 0.0540. The van der Waals surface area contributed by atoms with Crippen molar-refractivity contribution < 1.29 is 15.0 Å². The highest BCUT2D eigenvalue weighted by Crippen LogP contribution is 2.05. The van der Waals surface area contributed by atoms with E-state index in [2.05, 4.69) is 20.3 Å². The Morgan fingerprint density at radius 2 is 2.09 bits per heavy atom. The lowest BCUT2D eigenvalue weighted by molar-refractivity contribution is -0.122. The molecular weight excluding hydrogens is 306 g/mol. The van der Waals surface area contributed by atoms with Gasteiger partial charge in [0.25, 0.3) is 5.56 Å². The van der Waals surface area contributed by atoms with Gasteiger partial charge >= 0.3 is 0 Å². The molecule has 0 aliphatic carbocycles. The number of amides is 1. The minimum Gasteiger partial charge on any atom is -0.395 e. The molecule has 0 aromatic carbocycles. The third kappa shape index (κ3) is 4.25. The van der Waals surface area contributed by atoms with Crippen molar-refractivity contribution in [2.24, 2.45) is 0 Å². The quantitative estimate of drug-likeness (QED) is 0.322. The highest BCUT2D eigenvalue weighted by atomic mass is 16.3. The van der Waals surface area contributed by atoms with Crippen LogP contribution in [0.5, 0.6) is 0 Å². The molecule has 0 spiro atoms. The maximum atomic E-state index is 12.0. The molecule has 1 amide bonds. The number of fused-ring (bicyclic) bond motifs is 1. The number of carbonyl (C=O) groups is 1. The maximum absolute atomic E-state index is 12.0. The smallest absolute Gasteiger partial charge is 0.280 e. The van der Waals surface area contributed by atoms with E-state index in [0.29, 0.717) is 13.1 Å². The maximum Gasteiger partial charge on any atom is 0.280 e. The second kappa shape index (κ2) is 7.67. The van der Waals surface area contributed by atoms with Crippen LogP contribution < -0.4 is 16.6 Å². The zero-order chi connectivity index (χ0) is 16.8. The summed E-state index contributed by atoms with van der Waals surface area (Å²) >= 11 is 0. The van der Waals surface area contributed by atoms with Gasteiger partial charge in [0.2, 0.25) is 11.9 Å². The van der Waals surface area contributed by atoms with Crippen LogP contribution in [-0.2, 0) is 11.3 Å². The molecule has 23 heavy (non-hydrogen) atoms. The number of aliphatic hydroxyl groups excluding tert-OH is 2. The minimum atomic E-state index is -0.469. The van der Waals surface area contributed by atoms with Gasteiger partial charge in [-0.2, -0.15) is 4.98 Å². The summed E-state index contributed by atoms with van der Waals surface area (Å²) in [5, 5.41) is 20.5. The number of imidazole rings is 1. The number of hydrogen-bond acceptors (Lipinski definition) is 8. The zero-order valence-electron chi connectivity index (χ0n) is 12.4. The van der Waals surface area contributed by atoms with Crippen LogP contribution in [0.25, 0.3) is 11.2 Å². The lowest BCUT2D eigenvalue weighted by atomic mass is 10.5. The van der Waals surface area contributed by atoms with Crippen LogP contribution in [0.1, 0.15) is 0 Å². The first kappa shape index (κ1) is 16.9. The van der Waals surface area contributed by atoms with Crippen LogP contribution in [0.2, 0.25) is 0 Å². The molecule has 2 heterocycles. The number of aromatic nitrogens is 4. The molecule has 0 aliphatic rings. The second-order valence-corrected chi connectivity index (χ2v) is 4.82. The van der Waals surface area contributed by atoms with E-state index in [1.54, 1.807) is 4.90 Å². The van der Waals surface area contributed by atoms with E-state index in [-0.39, 0.29) is 49.4 Å². The molecule has 0 aliphatic heterocycles. The first-order chi connectivity index (χ1) is 11.0. The fraction of sp³-hybridized carbons (Fsp3) is 0.500. The van der Waals surface area contributed by atoms with Gasteiger partial charge in [0, 0.05) is 13.1 Å². The summed E-state index contributed by atoms with van der Waals surface area (Å²) in [5.41, 5.74) is 5.35. The topological polar surface area (TPSA) is 162 Å². The highest BCUT2D eigenvalue weighted by Gasteiger charge is 2.12. The average molecular weight is 325 g/mol. The van der Waals surface area contributed by atoms with E-state index in [9.17, 15) is 9.59 Å². The fourth-order valence-electron chi connectivity index (χ4n) is 2.05. The summed E-state index contributed by atoms with van der Waals surface area (Å²) in [6.45, 7) is 0.619. The number of nitrogens with two attached hydrogens (primary N) is 1. The molecule has 11 heteroatoms. The van der Waals surface area contributed by atoms with E-state index in [1.807, 2.05) is 0 Å². The zero-order valence-corrected chi connectivity index (χ0v) is 12.4. The Balaban J connectivity index is 2.02. The third-order valence-corrected chi connectivity index (χ3v) is 3.14. The number of anilines is 1. The van der Waals surface area contributed by atoms with Crippen molar-refractivity contribution in [3.05, 3.63) is 16.7 Å². The third-order valence-electron chi connectivity index (χ3n) is 3.14. The molecule has 0 bridgehead atoms. The van der Waals surface area contributed by atoms with Crippen LogP contribution in [0, 0.1) is 0 Å². The van der Waals surface area contributed by atoms with E-state index < -0.39 is 5.56 Å². The number of nitrogen functional groups attached to an aromatic ring is 1. The summed E-state index contributed by atoms with van der Waals surface area (Å²) < 4.78 is 1.42. The first-order valence-corrected chi connectivity index (χ1v) is 6.96. The molecule has 126 valence electrons. The SMILES string of the molecule is Nc1nc2c(ncn2CC(=O)NCN(CCO)CCO)c(=O)[nH]1. The molecule has 0 saturated carbocycles. The lowest BCUT2D eigenvalue weighted by Gasteiger charge is -2.20. The van der Waals surface area contributed by atoms with Gasteiger partial charge in [-0.1, -0.05) is 0 Å². The van der Waals surface area contributed by atoms with E-state index in [1.165, 1.54) is 10.9 Å². The van der Waals surface area contributed by atoms with Crippen molar-refractivity contribution in [1.29, 1.82) is 0 Å². The van der Waals surface area contributed by atoms with Gasteiger partial charge in [-0.15, -0.1) is 0 Å². The van der Waals surface area contributed by atoms with E-state index in [0.717, 1.165) is 0 Å². The molecule has 0 atom stereocenters. The Morgan fingerprint density at radius 3 is 2.74 bits per heavy atom. The first-order valence-electron chi connectivity index (χ1n) is 6.96. The Hall–Kier alpha value is -2.50. The number of carbonyl (C=O) groups excluding carboxylic acids is 1. The number of H-pyrrole nitrogens is 1. The number of aromatic amines is 1. The van der Waals surface area contributed by atoms with E-state index in [4.69, 9.17) is 15.9 Å². The van der Waals surface area contributed by atoms with Crippen molar-refractivity contribution in [3.63, 3.8) is 0 Å². The van der Waals surface area contributed by atoms with Gasteiger partial charge in [-0.25, -0.2) is 4.98 Å². The molecule has 0 radical (unpaired) electrons. The lowest BCUT2D eigenvalue weighted by Crippen LogP contribution is -2.41. The molecule has 11 nitrogen and oxygen atoms in total. The Bertz CT molecular complexity index is 720. The van der Waals surface area contributed by atoms with Crippen LogP contribution in [-0.4, -0.2) is 73.5 Å². The summed E-state index contributed by atoms with van der Waals surface area (Å²) in [4.78, 5) is 35.5. The number of nitrogens with one attached hydrogen (secondary N) is 2. The second-order valence-electron chi connectivity index (χ2n) is 4.82. The van der Waals surface area contributed by atoms with Crippen molar-refractivity contribution in [2.75, 3.05) is 38.7 Å². The van der Waals surface area contributed by atoms with Crippen molar-refractivity contribution >= 4 is 23.0 Å². The van der Waals surface area contributed by atoms with Gasteiger partial charge < -0.3 is 25.8 Å². The van der Waals surface area contributed by atoms with Gasteiger partial charge in [-0.05, 0) is 0 Å². The fourth-order valence-corrected chi connectivity index (χ4v) is 2.05. The molecule has 0 saturated heterocycles. The predicted molar refractivity (Wildman–Crippen MR) is 81.3 cm³/mol. The normalized spacial score (nSPS) is 11.3. The molecule has 6 N–H and O–H groups in total. The molecular formula is C12H19N7O4. The van der Waals surface area contributed by atoms with Crippen molar-refractivity contribution in [1.82, 2.24) is 29.7 Å². The molecule has 0 fully saturated rings. The number of aliphatic hydroxyl groups is 2. The molecule has 2 aromatic rings. The van der Waals surface area contributed by atoms with Gasteiger partial charge in [0.15, 0.2) is 11.2 Å². The van der Waals surface area contributed by atoms with Gasteiger partial charge in [-0.3, -0.25) is 19.5 Å². The van der Waals surface area contributed by atoms with Crippen LogP contribution in [0.4, 0.5) is 5.95 Å². The van der Waals surface area contributed by atoms with Crippen molar-refractivity contribution in [3.8, 4) is 0 Å². The molecule has 2 rings (SSSR count). The number of nitrogens with zero attached hydrogens (tertiary/aromatic N) is 4. The van der Waals surface area contributed by atoms with Crippen molar-refractivity contribution in [2.45, 2.75) is 6.54 Å². The molecule has 2 aromatic heterocycles. The highest BCUT2D eigenvalue weighted by molar-refractivity contribution is 5.78. The Morgan fingerprint density at radius 1 is 1.39 bits per heavy atom. The number of hydrogen-bond donors (Lipinski definition) is 5. The van der Waals surface area contributed by atoms with Crippen LogP contribution >= 0.6 is 0 Å². The standard InChI is InChI=1S/C12H19N7O4/c13-12-16-10-9(11(23)17-12)15-7-19(10)5-8(22)14-6-18(1-3-20)2-4-21/h7,20-21H,1-6H2,(H,14,22)(H3,13,16,17,23). The largest absolute Gasteiger partial charge is 0.395 e. The van der Waals surface area contributed by atoms with E-state index >= 15 is 0 Å². The summed E-state index contributed by atoms with van der Waals surface area (Å²) in [7, 11) is 0. The Labute approximate surface area is 130 Å². The van der Waals surface area contributed by atoms with Crippen LogP contribution in [0.15, 0.2) is 11.1 Å². The molecule has 0 unspecified atom stereocenters. The summed E-state index contributed by atoms with van der Waals surface area (Å²) in [6.07, 6.45) is 1.34. The predicted octanol–water partition coefficient (Wildman–Crippen LogP) is -2.94. The summed E-state index contributed by atoms with van der Waals surface area (Å²) in [5.74, 6) is -0.382.